The number of rotatable bonds is 2. The van der Waals surface area contributed by atoms with Gasteiger partial charge in [0.2, 0.25) is 0 Å². The van der Waals surface area contributed by atoms with Gasteiger partial charge in [-0.05, 0) is 44.4 Å². The summed E-state index contributed by atoms with van der Waals surface area (Å²) in [5, 5.41) is 0. The zero-order valence-corrected chi connectivity index (χ0v) is 10.3. The van der Waals surface area contributed by atoms with Crippen molar-refractivity contribution in [1.82, 2.24) is 4.90 Å². The number of hydrogen-bond donors (Lipinski definition) is 1. The van der Waals surface area contributed by atoms with E-state index in [1.165, 1.54) is 24.8 Å². The molecule has 16 heavy (non-hydrogen) atoms. The molecule has 1 saturated heterocycles. The van der Waals surface area contributed by atoms with Gasteiger partial charge in [0, 0.05) is 24.3 Å². The minimum Gasteiger partial charge on any atom is -0.399 e. The number of nitrogen functional groups attached to an aromatic ring is 1. The molecule has 0 amide bonds. The van der Waals surface area contributed by atoms with Crippen LogP contribution in [0.4, 0.5) is 5.69 Å². The topological polar surface area (TPSA) is 29.3 Å². The lowest BCUT2D eigenvalue weighted by atomic mass is 9.97. The van der Waals surface area contributed by atoms with E-state index in [1.807, 2.05) is 12.1 Å². The van der Waals surface area contributed by atoms with Crippen molar-refractivity contribution >= 4 is 5.69 Å². The van der Waals surface area contributed by atoms with E-state index < -0.39 is 0 Å². The van der Waals surface area contributed by atoms with Crippen LogP contribution in [-0.2, 0) is 6.54 Å². The maximum Gasteiger partial charge on any atom is 0.0314 e. The highest BCUT2D eigenvalue weighted by Gasteiger charge is 2.24. The summed E-state index contributed by atoms with van der Waals surface area (Å²) in [7, 11) is 0. The molecular weight excluding hydrogens is 196 g/mol. The summed E-state index contributed by atoms with van der Waals surface area (Å²) in [6.07, 6.45) is 4.04. The Bertz CT molecular complexity index is 321. The van der Waals surface area contributed by atoms with Crippen LogP contribution in [0.15, 0.2) is 24.3 Å². The van der Waals surface area contributed by atoms with Crippen LogP contribution < -0.4 is 5.73 Å². The van der Waals surface area contributed by atoms with E-state index in [2.05, 4.69) is 30.9 Å². The maximum absolute atomic E-state index is 5.70. The number of nitrogens with zero attached hydrogens (tertiary/aromatic N) is 1. The van der Waals surface area contributed by atoms with Gasteiger partial charge in [-0.3, -0.25) is 4.90 Å². The SMILES string of the molecule is CC1CCCC(C)N1Cc1ccc(N)cc1. The lowest BCUT2D eigenvalue weighted by Crippen LogP contribution is -2.42. The minimum atomic E-state index is 0.710. The van der Waals surface area contributed by atoms with E-state index in [0.717, 1.165) is 12.2 Å². The summed E-state index contributed by atoms with van der Waals surface area (Å²) >= 11 is 0. The van der Waals surface area contributed by atoms with Gasteiger partial charge in [-0.25, -0.2) is 0 Å². The van der Waals surface area contributed by atoms with Crippen LogP contribution >= 0.6 is 0 Å². The monoisotopic (exact) mass is 218 g/mol. The smallest absolute Gasteiger partial charge is 0.0314 e. The highest BCUT2D eigenvalue weighted by molar-refractivity contribution is 5.39. The zero-order valence-electron chi connectivity index (χ0n) is 10.3. The van der Waals surface area contributed by atoms with Gasteiger partial charge in [0.15, 0.2) is 0 Å². The molecule has 1 fully saturated rings. The lowest BCUT2D eigenvalue weighted by molar-refractivity contribution is 0.0953. The summed E-state index contributed by atoms with van der Waals surface area (Å²) in [4.78, 5) is 2.61. The highest BCUT2D eigenvalue weighted by Crippen LogP contribution is 2.24. The predicted molar refractivity (Wildman–Crippen MR) is 69.2 cm³/mol. The summed E-state index contributed by atoms with van der Waals surface area (Å²) in [5.41, 5.74) is 7.92. The lowest BCUT2D eigenvalue weighted by Gasteiger charge is -2.39. The molecule has 2 heteroatoms. The molecule has 0 spiro atoms. The zero-order chi connectivity index (χ0) is 11.5. The second kappa shape index (κ2) is 4.88. The average molecular weight is 218 g/mol. The van der Waals surface area contributed by atoms with Gasteiger partial charge in [-0.1, -0.05) is 18.6 Å². The maximum atomic E-state index is 5.70. The Morgan fingerprint density at radius 3 is 2.25 bits per heavy atom. The van der Waals surface area contributed by atoms with Crippen molar-refractivity contribution in [1.29, 1.82) is 0 Å². The Morgan fingerprint density at radius 2 is 1.69 bits per heavy atom. The third kappa shape index (κ3) is 2.56. The molecule has 2 rings (SSSR count). The van der Waals surface area contributed by atoms with Crippen molar-refractivity contribution in [2.75, 3.05) is 5.73 Å². The minimum absolute atomic E-state index is 0.710. The van der Waals surface area contributed by atoms with Gasteiger partial charge < -0.3 is 5.73 Å². The fourth-order valence-corrected chi connectivity index (χ4v) is 2.62. The molecule has 2 atom stereocenters. The first-order valence-electron chi connectivity index (χ1n) is 6.27. The molecule has 0 aromatic heterocycles. The molecule has 0 aliphatic carbocycles. The van der Waals surface area contributed by atoms with E-state index >= 15 is 0 Å². The molecule has 2 nitrogen and oxygen atoms in total. The third-order valence-corrected chi connectivity index (χ3v) is 3.72. The molecule has 1 heterocycles. The Balaban J connectivity index is 2.04. The predicted octanol–water partition coefficient (Wildman–Crippen LogP) is 3.03. The van der Waals surface area contributed by atoms with E-state index in [1.54, 1.807) is 0 Å². The van der Waals surface area contributed by atoms with Crippen molar-refractivity contribution in [3.63, 3.8) is 0 Å². The van der Waals surface area contributed by atoms with Gasteiger partial charge in [-0.15, -0.1) is 0 Å². The first-order valence-corrected chi connectivity index (χ1v) is 6.27. The fraction of sp³-hybridized carbons (Fsp3) is 0.571. The number of anilines is 1. The van der Waals surface area contributed by atoms with Gasteiger partial charge in [0.25, 0.3) is 0 Å². The van der Waals surface area contributed by atoms with Crippen molar-refractivity contribution in [2.24, 2.45) is 0 Å². The Labute approximate surface area is 98.4 Å². The van der Waals surface area contributed by atoms with E-state index in [0.29, 0.717) is 12.1 Å². The Hall–Kier alpha value is -1.02. The quantitative estimate of drug-likeness (QED) is 0.773. The summed E-state index contributed by atoms with van der Waals surface area (Å²) in [5.74, 6) is 0. The second-order valence-electron chi connectivity index (χ2n) is 5.04. The normalized spacial score (nSPS) is 26.9. The standard InChI is InChI=1S/C14H22N2/c1-11-4-3-5-12(2)16(11)10-13-6-8-14(15)9-7-13/h6-9,11-12H,3-5,10,15H2,1-2H3. The van der Waals surface area contributed by atoms with E-state index in [4.69, 9.17) is 5.73 Å². The molecule has 2 N–H and O–H groups in total. The second-order valence-corrected chi connectivity index (χ2v) is 5.04. The van der Waals surface area contributed by atoms with Gasteiger partial charge >= 0.3 is 0 Å². The third-order valence-electron chi connectivity index (χ3n) is 3.72. The number of nitrogens with two attached hydrogens (primary N) is 1. The molecular formula is C14H22N2. The van der Waals surface area contributed by atoms with Crippen LogP contribution in [0, 0.1) is 0 Å². The van der Waals surface area contributed by atoms with Crippen molar-refractivity contribution in [3.05, 3.63) is 29.8 Å². The highest BCUT2D eigenvalue weighted by atomic mass is 15.2. The van der Waals surface area contributed by atoms with Crippen molar-refractivity contribution in [2.45, 2.75) is 51.7 Å². The summed E-state index contributed by atoms with van der Waals surface area (Å²) < 4.78 is 0. The van der Waals surface area contributed by atoms with Crippen molar-refractivity contribution in [3.8, 4) is 0 Å². The molecule has 0 bridgehead atoms. The van der Waals surface area contributed by atoms with E-state index in [-0.39, 0.29) is 0 Å². The molecule has 2 unspecified atom stereocenters. The van der Waals surface area contributed by atoms with Gasteiger partial charge in [-0.2, -0.15) is 0 Å². The van der Waals surface area contributed by atoms with Crippen LogP contribution in [-0.4, -0.2) is 17.0 Å². The van der Waals surface area contributed by atoms with Crippen LogP contribution in [0.25, 0.3) is 0 Å². The molecule has 1 aliphatic heterocycles. The van der Waals surface area contributed by atoms with E-state index in [9.17, 15) is 0 Å². The Morgan fingerprint density at radius 1 is 1.12 bits per heavy atom. The van der Waals surface area contributed by atoms with Crippen LogP contribution in [0.3, 0.4) is 0 Å². The fourth-order valence-electron chi connectivity index (χ4n) is 2.62. The molecule has 1 aromatic carbocycles. The molecule has 88 valence electrons. The molecule has 0 radical (unpaired) electrons. The molecule has 1 aliphatic rings. The number of hydrogen-bond acceptors (Lipinski definition) is 2. The number of likely N-dealkylation sites (tertiary alicyclic amines) is 1. The van der Waals surface area contributed by atoms with Crippen LogP contribution in [0.5, 0.6) is 0 Å². The van der Waals surface area contributed by atoms with Crippen LogP contribution in [0.1, 0.15) is 38.7 Å². The average Bonchev–Trinajstić information content (AvgIpc) is 2.26. The van der Waals surface area contributed by atoms with Crippen molar-refractivity contribution < 1.29 is 0 Å². The van der Waals surface area contributed by atoms with Crippen LogP contribution in [0.2, 0.25) is 0 Å². The Kier molecular flexibility index (Phi) is 3.49. The summed E-state index contributed by atoms with van der Waals surface area (Å²) in [6, 6.07) is 9.69. The molecule has 1 aromatic rings. The first-order chi connectivity index (χ1) is 7.66. The number of benzene rings is 1. The first kappa shape index (κ1) is 11.5. The molecule has 0 saturated carbocycles. The number of piperidine rings is 1. The van der Waals surface area contributed by atoms with Gasteiger partial charge in [0.1, 0.15) is 0 Å². The van der Waals surface area contributed by atoms with Gasteiger partial charge in [0.05, 0.1) is 0 Å². The summed E-state index contributed by atoms with van der Waals surface area (Å²) in [6.45, 7) is 5.74. The largest absolute Gasteiger partial charge is 0.399 e.